The average Bonchev–Trinajstić information content (AvgIpc) is 3.04. The van der Waals surface area contributed by atoms with Gasteiger partial charge in [-0.2, -0.15) is 0 Å². The third-order valence-electron chi connectivity index (χ3n) is 2.78. The van der Waals surface area contributed by atoms with Gasteiger partial charge in [0.2, 0.25) is 0 Å². The third kappa shape index (κ3) is 4.12. The Morgan fingerprint density at radius 2 is 1.91 bits per heavy atom. The molecule has 2 amide bonds. The van der Waals surface area contributed by atoms with Crippen LogP contribution in [0.2, 0.25) is 0 Å². The second-order valence-electron chi connectivity index (χ2n) is 5.09. The summed E-state index contributed by atoms with van der Waals surface area (Å²) in [5.74, 6) is 0.350. The van der Waals surface area contributed by atoms with Crippen molar-refractivity contribution >= 4 is 12.0 Å². The fourth-order valence-electron chi connectivity index (χ4n) is 1.78. The minimum absolute atomic E-state index is 0.223. The van der Waals surface area contributed by atoms with Gasteiger partial charge in [0.15, 0.2) is 0 Å². The van der Waals surface area contributed by atoms with Crippen LogP contribution in [-0.4, -0.2) is 18.6 Å². The molecule has 2 rings (SSSR count). The van der Waals surface area contributed by atoms with Crippen LogP contribution in [0.4, 0.5) is 4.79 Å². The number of carbonyl (C=O) groups excluding carboxylic acids is 2. The fraction of sp³-hybridized carbons (Fsp3) is 0.250. The zero-order valence-electron chi connectivity index (χ0n) is 12.5. The van der Waals surface area contributed by atoms with Crippen LogP contribution in [0.3, 0.4) is 0 Å². The van der Waals surface area contributed by atoms with Crippen LogP contribution in [0, 0.1) is 5.92 Å². The van der Waals surface area contributed by atoms with Crippen molar-refractivity contribution in [3.8, 4) is 11.3 Å². The summed E-state index contributed by atoms with van der Waals surface area (Å²) in [6, 6.07) is 10.5. The van der Waals surface area contributed by atoms with Crippen molar-refractivity contribution in [1.29, 1.82) is 0 Å². The molecule has 1 aromatic heterocycles. The number of nitrogens with one attached hydrogen (secondary N) is 2. The van der Waals surface area contributed by atoms with Crippen LogP contribution in [-0.2, 0) is 4.74 Å². The summed E-state index contributed by atoms with van der Waals surface area (Å²) in [6.45, 7) is 4.13. The van der Waals surface area contributed by atoms with Gasteiger partial charge in [-0.3, -0.25) is 10.2 Å². The number of ether oxygens (including phenoxy) is 1. The summed E-state index contributed by atoms with van der Waals surface area (Å²) >= 11 is 0. The van der Waals surface area contributed by atoms with E-state index in [4.69, 9.17) is 9.15 Å². The van der Waals surface area contributed by atoms with Crippen LogP contribution in [0.1, 0.15) is 24.2 Å². The molecule has 0 saturated carbocycles. The lowest BCUT2D eigenvalue weighted by Gasteiger charge is -2.11. The molecule has 0 unspecified atom stereocenters. The molecule has 0 bridgehead atoms. The number of rotatable bonds is 4. The highest BCUT2D eigenvalue weighted by Crippen LogP contribution is 2.23. The van der Waals surface area contributed by atoms with E-state index in [2.05, 4.69) is 10.9 Å². The van der Waals surface area contributed by atoms with Gasteiger partial charge in [-0.05, 0) is 24.1 Å². The highest BCUT2D eigenvalue weighted by Gasteiger charge is 2.14. The first kappa shape index (κ1) is 15.6. The second-order valence-corrected chi connectivity index (χ2v) is 5.09. The van der Waals surface area contributed by atoms with Gasteiger partial charge in [0.05, 0.1) is 18.4 Å². The summed E-state index contributed by atoms with van der Waals surface area (Å²) in [4.78, 5) is 23.6. The largest absolute Gasteiger partial charge is 0.464 e. The molecule has 6 nitrogen and oxygen atoms in total. The zero-order valence-corrected chi connectivity index (χ0v) is 12.5. The molecule has 22 heavy (non-hydrogen) atoms. The van der Waals surface area contributed by atoms with E-state index in [1.54, 1.807) is 36.4 Å². The van der Waals surface area contributed by atoms with Crippen molar-refractivity contribution in [2.45, 2.75) is 13.8 Å². The molecular formula is C16H18N2O4. The van der Waals surface area contributed by atoms with Gasteiger partial charge in [-0.25, -0.2) is 10.2 Å². The summed E-state index contributed by atoms with van der Waals surface area (Å²) < 4.78 is 10.2. The highest BCUT2D eigenvalue weighted by atomic mass is 16.6. The van der Waals surface area contributed by atoms with Crippen molar-refractivity contribution in [3.05, 3.63) is 48.2 Å². The molecule has 2 aromatic rings. The van der Waals surface area contributed by atoms with E-state index in [1.807, 2.05) is 13.8 Å². The van der Waals surface area contributed by atoms with Gasteiger partial charge >= 0.3 is 6.09 Å². The Bertz CT molecular complexity index is 635. The standard InChI is InChI=1S/C16H18N2O4/c1-11(2)10-22-16(20)18-17-15(19)13-7-4-3-6-12(13)14-8-5-9-21-14/h3-9,11H,10H2,1-2H3,(H,17,19)(H,18,20). The van der Waals surface area contributed by atoms with E-state index in [0.29, 0.717) is 16.9 Å². The smallest absolute Gasteiger partial charge is 0.426 e. The van der Waals surface area contributed by atoms with Crippen molar-refractivity contribution in [2.24, 2.45) is 5.92 Å². The van der Waals surface area contributed by atoms with Crippen LogP contribution < -0.4 is 10.9 Å². The Hall–Kier alpha value is -2.76. The maximum absolute atomic E-state index is 12.2. The number of hydrazine groups is 1. The average molecular weight is 302 g/mol. The molecule has 6 heteroatoms. The van der Waals surface area contributed by atoms with Crippen LogP contribution >= 0.6 is 0 Å². The molecule has 1 aromatic carbocycles. The minimum Gasteiger partial charge on any atom is -0.464 e. The van der Waals surface area contributed by atoms with E-state index in [9.17, 15) is 9.59 Å². The van der Waals surface area contributed by atoms with E-state index >= 15 is 0 Å². The molecule has 0 fully saturated rings. The first-order valence-electron chi connectivity index (χ1n) is 6.94. The Morgan fingerprint density at radius 1 is 1.14 bits per heavy atom. The van der Waals surface area contributed by atoms with Crippen LogP contribution in [0.25, 0.3) is 11.3 Å². The summed E-state index contributed by atoms with van der Waals surface area (Å²) in [5, 5.41) is 0. The topological polar surface area (TPSA) is 80.6 Å². The Balaban J connectivity index is 2.00. The highest BCUT2D eigenvalue weighted by molar-refractivity contribution is 6.00. The van der Waals surface area contributed by atoms with Gasteiger partial charge in [0.25, 0.3) is 5.91 Å². The van der Waals surface area contributed by atoms with Gasteiger partial charge < -0.3 is 9.15 Å². The van der Waals surface area contributed by atoms with Gasteiger partial charge in [-0.1, -0.05) is 32.0 Å². The van der Waals surface area contributed by atoms with Gasteiger partial charge in [0.1, 0.15) is 5.76 Å². The first-order chi connectivity index (χ1) is 10.6. The maximum atomic E-state index is 12.2. The van der Waals surface area contributed by atoms with Crippen molar-refractivity contribution in [1.82, 2.24) is 10.9 Å². The number of carbonyl (C=O) groups is 2. The summed E-state index contributed by atoms with van der Waals surface area (Å²) in [5.41, 5.74) is 5.57. The Kier molecular flexibility index (Phi) is 5.19. The molecule has 2 N–H and O–H groups in total. The van der Waals surface area contributed by atoms with Gasteiger partial charge in [0, 0.05) is 5.56 Å². The fourth-order valence-corrected chi connectivity index (χ4v) is 1.78. The molecule has 0 atom stereocenters. The molecular weight excluding hydrogens is 284 g/mol. The molecule has 0 aliphatic carbocycles. The van der Waals surface area contributed by atoms with Crippen LogP contribution in [0.5, 0.6) is 0 Å². The molecule has 0 saturated heterocycles. The van der Waals surface area contributed by atoms with Gasteiger partial charge in [-0.15, -0.1) is 0 Å². The lowest BCUT2D eigenvalue weighted by molar-refractivity contribution is 0.0901. The monoisotopic (exact) mass is 302 g/mol. The Labute approximate surface area is 128 Å². The Morgan fingerprint density at radius 3 is 2.59 bits per heavy atom. The SMILES string of the molecule is CC(C)COC(=O)NNC(=O)c1ccccc1-c1ccco1. The lowest BCUT2D eigenvalue weighted by Crippen LogP contribution is -2.42. The van der Waals surface area contributed by atoms with Crippen molar-refractivity contribution in [2.75, 3.05) is 6.61 Å². The molecule has 0 spiro atoms. The maximum Gasteiger partial charge on any atom is 0.426 e. The second kappa shape index (κ2) is 7.31. The third-order valence-corrected chi connectivity index (χ3v) is 2.78. The molecule has 116 valence electrons. The van der Waals surface area contributed by atoms with Crippen molar-refractivity contribution in [3.63, 3.8) is 0 Å². The van der Waals surface area contributed by atoms with E-state index in [0.717, 1.165) is 0 Å². The van der Waals surface area contributed by atoms with E-state index in [1.165, 1.54) is 6.26 Å². The van der Waals surface area contributed by atoms with Crippen LogP contribution in [0.15, 0.2) is 47.1 Å². The normalized spacial score (nSPS) is 10.3. The molecule has 0 radical (unpaired) electrons. The number of hydrogen-bond donors (Lipinski definition) is 2. The molecule has 0 aliphatic rings. The summed E-state index contributed by atoms with van der Waals surface area (Å²) in [6.07, 6.45) is 0.837. The summed E-state index contributed by atoms with van der Waals surface area (Å²) in [7, 11) is 0. The number of benzene rings is 1. The minimum atomic E-state index is -0.697. The van der Waals surface area contributed by atoms with E-state index < -0.39 is 12.0 Å². The van der Waals surface area contributed by atoms with E-state index in [-0.39, 0.29) is 12.5 Å². The van der Waals surface area contributed by atoms with Crippen molar-refractivity contribution < 1.29 is 18.7 Å². The predicted molar refractivity (Wildman–Crippen MR) is 80.9 cm³/mol. The molecule has 1 heterocycles. The number of amides is 2. The lowest BCUT2D eigenvalue weighted by atomic mass is 10.1. The molecule has 0 aliphatic heterocycles. The first-order valence-corrected chi connectivity index (χ1v) is 6.94. The number of furan rings is 1. The predicted octanol–water partition coefficient (Wildman–Crippen LogP) is 2.97. The zero-order chi connectivity index (χ0) is 15.9. The quantitative estimate of drug-likeness (QED) is 0.851. The number of hydrogen-bond acceptors (Lipinski definition) is 4.